The summed E-state index contributed by atoms with van der Waals surface area (Å²) in [5.74, 6) is -9.88. The lowest BCUT2D eigenvalue weighted by atomic mass is 9.99. The van der Waals surface area contributed by atoms with Crippen LogP contribution in [0.4, 0.5) is 22.0 Å². The standard InChI is InChI=1S/C12H12F5N/c1-5(2)3-4-6(18)7-8(13)10(15)12(17)11(16)9(7)14/h6H,1,3-4,18H2,2H3. The molecule has 18 heavy (non-hydrogen) atoms. The summed E-state index contributed by atoms with van der Waals surface area (Å²) in [6.07, 6.45) is 0.383. The van der Waals surface area contributed by atoms with E-state index < -0.39 is 40.7 Å². The van der Waals surface area contributed by atoms with Crippen molar-refractivity contribution in [3.05, 3.63) is 46.8 Å². The maximum absolute atomic E-state index is 13.4. The van der Waals surface area contributed by atoms with Crippen molar-refractivity contribution in [3.8, 4) is 0 Å². The molecule has 1 aromatic rings. The summed E-state index contributed by atoms with van der Waals surface area (Å²) in [5.41, 5.74) is 5.18. The number of halogens is 5. The van der Waals surface area contributed by atoms with Crippen LogP contribution in [0.3, 0.4) is 0 Å². The second kappa shape index (κ2) is 5.48. The molecule has 1 unspecified atom stereocenters. The van der Waals surface area contributed by atoms with E-state index in [9.17, 15) is 22.0 Å². The minimum atomic E-state index is -2.18. The average molecular weight is 265 g/mol. The third-order valence-electron chi connectivity index (χ3n) is 2.50. The molecule has 0 amide bonds. The van der Waals surface area contributed by atoms with E-state index in [0.29, 0.717) is 12.0 Å². The second-order valence-corrected chi connectivity index (χ2v) is 4.09. The number of benzene rings is 1. The maximum atomic E-state index is 13.4. The van der Waals surface area contributed by atoms with Gasteiger partial charge in [0, 0.05) is 11.6 Å². The van der Waals surface area contributed by atoms with E-state index in [4.69, 9.17) is 5.73 Å². The Balaban J connectivity index is 3.20. The smallest absolute Gasteiger partial charge is 0.200 e. The van der Waals surface area contributed by atoms with Crippen LogP contribution >= 0.6 is 0 Å². The summed E-state index contributed by atoms with van der Waals surface area (Å²) in [5, 5.41) is 0. The average Bonchev–Trinajstić information content (AvgIpc) is 2.31. The fourth-order valence-corrected chi connectivity index (χ4v) is 1.49. The van der Waals surface area contributed by atoms with Gasteiger partial charge >= 0.3 is 0 Å². The molecular formula is C12H12F5N. The molecule has 0 saturated carbocycles. The van der Waals surface area contributed by atoms with E-state index in [-0.39, 0.29) is 6.42 Å². The van der Waals surface area contributed by atoms with E-state index in [1.807, 2.05) is 0 Å². The van der Waals surface area contributed by atoms with Crippen molar-refractivity contribution >= 4 is 0 Å². The van der Waals surface area contributed by atoms with Gasteiger partial charge in [-0.1, -0.05) is 5.57 Å². The second-order valence-electron chi connectivity index (χ2n) is 4.09. The van der Waals surface area contributed by atoms with Crippen molar-refractivity contribution in [2.24, 2.45) is 5.73 Å². The normalized spacial score (nSPS) is 12.6. The molecule has 0 aliphatic heterocycles. The van der Waals surface area contributed by atoms with E-state index in [1.165, 1.54) is 0 Å². The van der Waals surface area contributed by atoms with Gasteiger partial charge in [0.25, 0.3) is 0 Å². The monoisotopic (exact) mass is 265 g/mol. The highest BCUT2D eigenvalue weighted by molar-refractivity contribution is 5.26. The van der Waals surface area contributed by atoms with E-state index in [1.54, 1.807) is 6.92 Å². The number of hydrogen-bond donors (Lipinski definition) is 1. The molecule has 1 aromatic carbocycles. The van der Waals surface area contributed by atoms with Gasteiger partial charge in [0.2, 0.25) is 5.82 Å². The summed E-state index contributed by atoms with van der Waals surface area (Å²) in [6, 6.07) is -1.27. The third-order valence-corrected chi connectivity index (χ3v) is 2.50. The zero-order chi connectivity index (χ0) is 14.0. The highest BCUT2D eigenvalue weighted by atomic mass is 19.2. The van der Waals surface area contributed by atoms with Crippen LogP contribution in [-0.4, -0.2) is 0 Å². The molecule has 0 heterocycles. The van der Waals surface area contributed by atoms with Gasteiger partial charge in [-0.05, 0) is 19.8 Å². The Labute approximate surface area is 101 Å². The zero-order valence-corrected chi connectivity index (χ0v) is 9.67. The van der Waals surface area contributed by atoms with Gasteiger partial charge in [-0.3, -0.25) is 0 Å². The first-order valence-electron chi connectivity index (χ1n) is 5.18. The predicted octanol–water partition coefficient (Wildman–Crippen LogP) is 3.74. The highest BCUT2D eigenvalue weighted by Crippen LogP contribution is 2.29. The topological polar surface area (TPSA) is 26.0 Å². The van der Waals surface area contributed by atoms with Gasteiger partial charge in [-0.2, -0.15) is 0 Å². The summed E-state index contributed by atoms with van der Waals surface area (Å²) >= 11 is 0. The van der Waals surface area contributed by atoms with Gasteiger partial charge in [0.1, 0.15) is 0 Å². The predicted molar refractivity (Wildman–Crippen MR) is 57.2 cm³/mol. The van der Waals surface area contributed by atoms with Crippen LogP contribution in [0.15, 0.2) is 12.2 Å². The van der Waals surface area contributed by atoms with Crippen LogP contribution in [0.1, 0.15) is 31.4 Å². The van der Waals surface area contributed by atoms with Crippen LogP contribution in [0.5, 0.6) is 0 Å². The largest absolute Gasteiger partial charge is 0.324 e. The Hall–Kier alpha value is -1.43. The van der Waals surface area contributed by atoms with Gasteiger partial charge in [-0.25, -0.2) is 22.0 Å². The molecule has 0 fully saturated rings. The van der Waals surface area contributed by atoms with Crippen LogP contribution in [-0.2, 0) is 0 Å². The Morgan fingerprint density at radius 2 is 1.39 bits per heavy atom. The molecule has 0 saturated heterocycles. The third kappa shape index (κ3) is 2.69. The van der Waals surface area contributed by atoms with Gasteiger partial charge in [0.05, 0.1) is 0 Å². The molecule has 1 rings (SSSR count). The molecule has 0 spiro atoms. The van der Waals surface area contributed by atoms with E-state index in [2.05, 4.69) is 6.58 Å². The zero-order valence-electron chi connectivity index (χ0n) is 9.67. The SMILES string of the molecule is C=C(C)CCC(N)c1c(F)c(F)c(F)c(F)c1F. The molecule has 1 nitrogen and oxygen atoms in total. The van der Waals surface area contributed by atoms with Gasteiger partial charge in [-0.15, -0.1) is 6.58 Å². The molecule has 0 aromatic heterocycles. The van der Waals surface area contributed by atoms with Gasteiger partial charge in [0.15, 0.2) is 23.3 Å². The molecular weight excluding hydrogens is 253 g/mol. The first kappa shape index (κ1) is 14.6. The summed E-state index contributed by atoms with van der Waals surface area (Å²) in [6.45, 7) is 5.24. The van der Waals surface area contributed by atoms with Crippen molar-refractivity contribution in [2.75, 3.05) is 0 Å². The van der Waals surface area contributed by atoms with Crippen molar-refractivity contribution < 1.29 is 22.0 Å². The van der Waals surface area contributed by atoms with E-state index in [0.717, 1.165) is 0 Å². The molecule has 0 radical (unpaired) electrons. The van der Waals surface area contributed by atoms with Crippen LogP contribution in [0, 0.1) is 29.1 Å². The molecule has 2 N–H and O–H groups in total. The van der Waals surface area contributed by atoms with Crippen LogP contribution in [0.25, 0.3) is 0 Å². The molecule has 1 atom stereocenters. The Kier molecular flexibility index (Phi) is 4.45. The summed E-state index contributed by atoms with van der Waals surface area (Å²) < 4.78 is 65.4. The molecule has 0 aliphatic rings. The fraction of sp³-hybridized carbons (Fsp3) is 0.333. The lowest BCUT2D eigenvalue weighted by molar-refractivity contribution is 0.362. The minimum Gasteiger partial charge on any atom is -0.324 e. The highest BCUT2D eigenvalue weighted by Gasteiger charge is 2.28. The maximum Gasteiger partial charge on any atom is 0.200 e. The Morgan fingerprint density at radius 3 is 1.78 bits per heavy atom. The van der Waals surface area contributed by atoms with Crippen molar-refractivity contribution in [3.63, 3.8) is 0 Å². The molecule has 0 bridgehead atoms. The minimum absolute atomic E-state index is 0.0493. The van der Waals surface area contributed by atoms with Gasteiger partial charge < -0.3 is 5.73 Å². The lowest BCUT2D eigenvalue weighted by Gasteiger charge is -2.15. The number of nitrogens with two attached hydrogens (primary N) is 1. The van der Waals surface area contributed by atoms with E-state index >= 15 is 0 Å². The molecule has 0 aliphatic carbocycles. The number of allylic oxidation sites excluding steroid dienone is 1. The molecule has 6 heteroatoms. The first-order chi connectivity index (χ1) is 8.27. The number of rotatable bonds is 4. The fourth-order valence-electron chi connectivity index (χ4n) is 1.49. The first-order valence-corrected chi connectivity index (χ1v) is 5.18. The van der Waals surface area contributed by atoms with Crippen LogP contribution in [0.2, 0.25) is 0 Å². The summed E-state index contributed by atoms with van der Waals surface area (Å²) in [7, 11) is 0. The Bertz CT molecular complexity index is 455. The van der Waals surface area contributed by atoms with Crippen molar-refractivity contribution in [2.45, 2.75) is 25.8 Å². The molecule has 100 valence electrons. The number of hydrogen-bond acceptors (Lipinski definition) is 1. The summed E-state index contributed by atoms with van der Waals surface area (Å²) in [4.78, 5) is 0. The van der Waals surface area contributed by atoms with Crippen LogP contribution < -0.4 is 5.73 Å². The van der Waals surface area contributed by atoms with Crippen molar-refractivity contribution in [1.29, 1.82) is 0 Å². The quantitative estimate of drug-likeness (QED) is 0.381. The lowest BCUT2D eigenvalue weighted by Crippen LogP contribution is -2.18. The van der Waals surface area contributed by atoms with Crippen molar-refractivity contribution in [1.82, 2.24) is 0 Å². The Morgan fingerprint density at radius 1 is 1.00 bits per heavy atom.